The van der Waals surface area contributed by atoms with Crippen LogP contribution in [0.25, 0.3) is 0 Å². The highest BCUT2D eigenvalue weighted by Gasteiger charge is 2.69. The molecule has 7 rings (SSSR count). The Labute approximate surface area is 309 Å². The molecule has 10 atom stereocenters. The topological polar surface area (TPSA) is 119 Å². The fraction of sp³-hybridized carbons (Fsp3) is 0.786. The van der Waals surface area contributed by atoms with Gasteiger partial charge in [-0.1, -0.05) is 51.1 Å². The van der Waals surface area contributed by atoms with Gasteiger partial charge in [-0.15, -0.1) is 0 Å². The zero-order valence-electron chi connectivity index (χ0n) is 32.2. The van der Waals surface area contributed by atoms with Gasteiger partial charge in [0.05, 0.1) is 0 Å². The summed E-state index contributed by atoms with van der Waals surface area (Å²) in [6.07, 6.45) is 9.37. The summed E-state index contributed by atoms with van der Waals surface area (Å²) in [4.78, 5) is 62.9. The van der Waals surface area contributed by atoms with E-state index in [-0.39, 0.29) is 76.4 Å². The number of carbonyl (C=O) groups is 3. The molecular weight excluding hydrogens is 662 g/mol. The molecule has 0 radical (unpaired) electrons. The Bertz CT molecular complexity index is 1450. The molecule has 0 bridgehead atoms. The number of esters is 2. The van der Waals surface area contributed by atoms with Crippen molar-refractivity contribution < 1.29 is 43.4 Å². The number of benzene rings is 1. The predicted molar refractivity (Wildman–Crippen MR) is 192 cm³/mol. The second kappa shape index (κ2) is 14.6. The number of carbonyl (C=O) groups excluding carboxylic acids is 3. The molecule has 4 unspecified atom stereocenters. The maximum Gasteiger partial charge on any atom is 0.302 e. The van der Waals surface area contributed by atoms with Crippen LogP contribution >= 0.6 is 0 Å². The fourth-order valence-electron chi connectivity index (χ4n) is 12.4. The van der Waals surface area contributed by atoms with Crippen LogP contribution in [0.15, 0.2) is 30.3 Å². The predicted octanol–water partition coefficient (Wildman–Crippen LogP) is 7.94. The molecule has 1 aromatic carbocycles. The molecule has 5 saturated carbocycles. The van der Waals surface area contributed by atoms with Crippen molar-refractivity contribution in [3.8, 4) is 0 Å². The largest absolute Gasteiger partial charge is 0.462 e. The smallest absolute Gasteiger partial charge is 0.302 e. The number of hydrogen-bond donors (Lipinski definition) is 1. The van der Waals surface area contributed by atoms with Crippen LogP contribution in [0.5, 0.6) is 0 Å². The van der Waals surface area contributed by atoms with Crippen molar-refractivity contribution in [3.05, 3.63) is 35.9 Å². The molecule has 1 aliphatic heterocycles. The van der Waals surface area contributed by atoms with Crippen LogP contribution in [0.3, 0.4) is 0 Å². The lowest BCUT2D eigenvalue weighted by molar-refractivity contribution is -0.665. The highest BCUT2D eigenvalue weighted by molar-refractivity contribution is 5.75. The van der Waals surface area contributed by atoms with Crippen LogP contribution in [-0.2, 0) is 43.4 Å². The SMILES string of the molecule is CCNC(=O)CCC(C)[C@H]1CCC2C3C(C[C@H](OC(C)=O)[C@@]21C)[C@@]1(C)CCC2(C[C@H]1C[C@H]3OC(C)=O)OOC1(CCC(c3ccccc3)CC1)OO2. The zero-order chi connectivity index (χ0) is 36.9. The lowest BCUT2D eigenvalue weighted by atomic mass is 9.42. The van der Waals surface area contributed by atoms with Crippen molar-refractivity contribution in [2.24, 2.45) is 46.3 Å². The Morgan fingerprint density at radius 3 is 2.17 bits per heavy atom. The normalized spacial score (nSPS) is 43.1. The van der Waals surface area contributed by atoms with Crippen LogP contribution < -0.4 is 5.32 Å². The average Bonchev–Trinajstić information content (AvgIpc) is 3.48. The van der Waals surface area contributed by atoms with Gasteiger partial charge in [-0.3, -0.25) is 14.4 Å². The monoisotopic (exact) mass is 723 g/mol. The summed E-state index contributed by atoms with van der Waals surface area (Å²) in [5.41, 5.74) is 0.925. The number of rotatable bonds is 8. The molecule has 5 aliphatic carbocycles. The van der Waals surface area contributed by atoms with Gasteiger partial charge in [0.15, 0.2) is 0 Å². The van der Waals surface area contributed by atoms with E-state index in [9.17, 15) is 14.4 Å². The van der Waals surface area contributed by atoms with E-state index in [2.05, 4.69) is 50.4 Å². The Morgan fingerprint density at radius 2 is 1.52 bits per heavy atom. The van der Waals surface area contributed by atoms with Crippen LogP contribution in [0.2, 0.25) is 0 Å². The van der Waals surface area contributed by atoms with E-state index in [0.717, 1.165) is 44.9 Å². The molecule has 1 amide bonds. The first-order chi connectivity index (χ1) is 24.8. The zero-order valence-corrected chi connectivity index (χ0v) is 32.2. The number of nitrogens with one attached hydrogen (secondary N) is 1. The molecule has 10 heteroatoms. The van der Waals surface area contributed by atoms with E-state index in [1.54, 1.807) is 0 Å². The van der Waals surface area contributed by atoms with Crippen molar-refractivity contribution in [2.45, 2.75) is 155 Å². The summed E-state index contributed by atoms with van der Waals surface area (Å²) >= 11 is 0. The van der Waals surface area contributed by atoms with Crippen molar-refractivity contribution in [1.82, 2.24) is 5.32 Å². The minimum absolute atomic E-state index is 0.0814. The van der Waals surface area contributed by atoms with Gasteiger partial charge in [-0.2, -0.15) is 19.6 Å². The standard InChI is InChI=1S/C42H61NO9/c1-7-43-37(46)16-13-26(2)32-14-15-33-38-34(24-36(40(32,33)6)48-28(4)45)39(5)21-22-42(25-31(39)23-35(38)47-27(3)44)51-49-41(50-52-42)19-17-30(18-20-41)29-11-9-8-10-12-29/h8-12,26,30-36,38H,7,13-25H2,1-6H3,(H,43,46)/t26?,30?,31-,32-,33?,34?,35-,36+,38?,39+,40-,41?,42?/m1/s1. The van der Waals surface area contributed by atoms with E-state index in [1.807, 2.05) is 13.0 Å². The Kier molecular flexibility index (Phi) is 10.6. The van der Waals surface area contributed by atoms with Crippen LogP contribution in [-0.4, -0.2) is 48.2 Å². The van der Waals surface area contributed by atoms with E-state index >= 15 is 0 Å². The molecule has 1 N–H and O–H groups in total. The summed E-state index contributed by atoms with van der Waals surface area (Å²) in [7, 11) is 0. The van der Waals surface area contributed by atoms with Gasteiger partial charge < -0.3 is 14.8 Å². The molecule has 1 heterocycles. The third-order valence-corrected chi connectivity index (χ3v) is 15.0. The van der Waals surface area contributed by atoms with Crippen molar-refractivity contribution in [2.75, 3.05) is 6.54 Å². The third kappa shape index (κ3) is 6.83. The highest BCUT2D eigenvalue weighted by atomic mass is 17.4. The summed E-state index contributed by atoms with van der Waals surface area (Å²) in [6, 6.07) is 10.6. The first kappa shape index (κ1) is 37.8. The number of amides is 1. The van der Waals surface area contributed by atoms with Crippen molar-refractivity contribution in [3.63, 3.8) is 0 Å². The molecule has 0 aromatic heterocycles. The third-order valence-electron chi connectivity index (χ3n) is 15.0. The Hall–Kier alpha value is -2.53. The van der Waals surface area contributed by atoms with Gasteiger partial charge >= 0.3 is 11.9 Å². The van der Waals surface area contributed by atoms with Crippen molar-refractivity contribution in [1.29, 1.82) is 0 Å². The molecule has 52 heavy (non-hydrogen) atoms. The van der Waals surface area contributed by atoms with Gasteiger partial charge in [0.25, 0.3) is 0 Å². The molecular formula is C42H61NO9. The summed E-state index contributed by atoms with van der Waals surface area (Å²) in [5.74, 6) is -0.737. The summed E-state index contributed by atoms with van der Waals surface area (Å²) < 4.78 is 12.6. The molecule has 1 saturated heterocycles. The number of fused-ring (bicyclic) bond motifs is 5. The Balaban J connectivity index is 1.09. The lowest BCUT2D eigenvalue weighted by Crippen LogP contribution is -2.65. The van der Waals surface area contributed by atoms with Gasteiger partial charge in [-0.25, -0.2) is 0 Å². The molecule has 288 valence electrons. The fourth-order valence-corrected chi connectivity index (χ4v) is 12.4. The minimum Gasteiger partial charge on any atom is -0.462 e. The molecule has 6 fully saturated rings. The maximum atomic E-state index is 12.8. The minimum atomic E-state index is -1.03. The summed E-state index contributed by atoms with van der Waals surface area (Å²) in [6.45, 7) is 12.6. The Morgan fingerprint density at radius 1 is 0.846 bits per heavy atom. The van der Waals surface area contributed by atoms with E-state index < -0.39 is 11.6 Å². The van der Waals surface area contributed by atoms with Crippen LogP contribution in [0, 0.1) is 46.3 Å². The molecule has 6 aliphatic rings. The van der Waals surface area contributed by atoms with Crippen molar-refractivity contribution >= 4 is 17.8 Å². The van der Waals surface area contributed by atoms with Gasteiger partial charge in [0.2, 0.25) is 17.5 Å². The lowest BCUT2D eigenvalue weighted by Gasteiger charge is -2.65. The van der Waals surface area contributed by atoms with E-state index in [4.69, 9.17) is 29.0 Å². The molecule has 2 spiro atoms. The van der Waals surface area contributed by atoms with Gasteiger partial charge in [0, 0.05) is 63.8 Å². The van der Waals surface area contributed by atoms with E-state index in [1.165, 1.54) is 19.4 Å². The number of hydrogen-bond acceptors (Lipinski definition) is 9. The second-order valence-corrected chi connectivity index (χ2v) is 17.8. The summed E-state index contributed by atoms with van der Waals surface area (Å²) in [5, 5.41) is 2.94. The molecule has 1 aromatic rings. The quantitative estimate of drug-likeness (QED) is 0.211. The van der Waals surface area contributed by atoms with Gasteiger partial charge in [0.1, 0.15) is 12.2 Å². The second-order valence-electron chi connectivity index (χ2n) is 17.8. The van der Waals surface area contributed by atoms with Crippen LogP contribution in [0.1, 0.15) is 136 Å². The highest BCUT2D eigenvalue weighted by Crippen LogP contribution is 2.70. The average molecular weight is 724 g/mol. The van der Waals surface area contributed by atoms with E-state index in [0.29, 0.717) is 51.0 Å². The maximum absolute atomic E-state index is 12.8. The number of ether oxygens (including phenoxy) is 2. The molecule has 10 nitrogen and oxygen atoms in total. The first-order valence-electron chi connectivity index (χ1n) is 20.2. The first-order valence-corrected chi connectivity index (χ1v) is 20.2. The van der Waals surface area contributed by atoms with Gasteiger partial charge in [-0.05, 0) is 105 Å². The van der Waals surface area contributed by atoms with Crippen LogP contribution in [0.4, 0.5) is 0 Å².